The maximum atomic E-state index is 14.0. The van der Waals surface area contributed by atoms with Crippen molar-refractivity contribution in [1.82, 2.24) is 25.2 Å². The van der Waals surface area contributed by atoms with Crippen LogP contribution < -0.4 is 10.2 Å². The highest BCUT2D eigenvalue weighted by Gasteiger charge is 2.39. The van der Waals surface area contributed by atoms with Crippen molar-refractivity contribution >= 4 is 23.6 Å². The van der Waals surface area contributed by atoms with Crippen molar-refractivity contribution in [3.8, 4) is 12.0 Å². The van der Waals surface area contributed by atoms with E-state index in [0.29, 0.717) is 23.7 Å². The van der Waals surface area contributed by atoms with E-state index in [0.717, 1.165) is 25.7 Å². The number of hydrogen-bond acceptors (Lipinski definition) is 7. The third-order valence-electron chi connectivity index (χ3n) is 5.29. The number of amides is 2. The highest BCUT2D eigenvalue weighted by molar-refractivity contribution is 6.30. The van der Waals surface area contributed by atoms with Crippen LogP contribution in [0, 0.1) is 5.82 Å². The summed E-state index contributed by atoms with van der Waals surface area (Å²) >= 11 is 5.78. The molecule has 1 saturated heterocycles. The van der Waals surface area contributed by atoms with Crippen LogP contribution in [0.1, 0.15) is 31.2 Å². The van der Waals surface area contributed by atoms with Gasteiger partial charge in [0.1, 0.15) is 5.82 Å². The van der Waals surface area contributed by atoms with Crippen LogP contribution in [0.4, 0.5) is 15.1 Å². The lowest BCUT2D eigenvalue weighted by atomic mass is 10.0. The molecule has 3 N–H and O–H groups in total. The number of nitrogens with zero attached hydrogens (tertiary/aromatic N) is 5. The summed E-state index contributed by atoms with van der Waals surface area (Å²) < 4.78 is 14.0. The first-order valence-electron chi connectivity index (χ1n) is 9.80. The summed E-state index contributed by atoms with van der Waals surface area (Å²) in [6.45, 7) is 1.16. The maximum absolute atomic E-state index is 14.0. The summed E-state index contributed by atoms with van der Waals surface area (Å²) in [6, 6.07) is 3.06. The van der Waals surface area contributed by atoms with Gasteiger partial charge in [-0.15, -0.1) is 4.98 Å². The summed E-state index contributed by atoms with van der Waals surface area (Å²) in [5.41, 5.74) is 0.366. The SMILES string of the molecule is O=C(NCc1ccc(Cl)cc1F)N(C1CC1)[C@@H]1CCCN(c2nc(O)nc(O)n2)C1. The molecule has 0 spiro atoms. The molecule has 2 aliphatic rings. The summed E-state index contributed by atoms with van der Waals surface area (Å²) in [5.74, 6) is -0.289. The van der Waals surface area contributed by atoms with Crippen LogP contribution >= 0.6 is 11.6 Å². The van der Waals surface area contributed by atoms with Crippen LogP contribution in [-0.4, -0.2) is 61.3 Å². The van der Waals surface area contributed by atoms with Crippen LogP contribution in [0.5, 0.6) is 12.0 Å². The smallest absolute Gasteiger partial charge is 0.321 e. The number of piperidine rings is 1. The number of halogens is 2. The minimum absolute atomic E-state index is 0.0662. The first-order chi connectivity index (χ1) is 14.4. The van der Waals surface area contributed by atoms with Crippen LogP contribution in [-0.2, 0) is 6.54 Å². The molecule has 1 aromatic heterocycles. The van der Waals surface area contributed by atoms with E-state index in [9.17, 15) is 19.4 Å². The number of aromatic nitrogens is 3. The number of carbonyl (C=O) groups excluding carboxylic acids is 1. The molecular formula is C19H22ClFN6O3. The van der Waals surface area contributed by atoms with Gasteiger partial charge in [0.2, 0.25) is 5.95 Å². The maximum Gasteiger partial charge on any atom is 0.321 e. The van der Waals surface area contributed by atoms with Gasteiger partial charge < -0.3 is 25.3 Å². The predicted octanol–water partition coefficient (Wildman–Crippen LogP) is 2.42. The fourth-order valence-electron chi connectivity index (χ4n) is 3.76. The second-order valence-electron chi connectivity index (χ2n) is 7.51. The van der Waals surface area contributed by atoms with Gasteiger partial charge in [0.15, 0.2) is 0 Å². The quantitative estimate of drug-likeness (QED) is 0.659. The van der Waals surface area contributed by atoms with Crippen molar-refractivity contribution in [3.63, 3.8) is 0 Å². The molecule has 1 saturated carbocycles. The molecule has 9 nitrogen and oxygen atoms in total. The number of urea groups is 1. The number of nitrogens with one attached hydrogen (secondary N) is 1. The summed E-state index contributed by atoms with van der Waals surface area (Å²) in [7, 11) is 0. The Bertz CT molecular complexity index is 924. The fraction of sp³-hybridized carbons (Fsp3) is 0.474. The molecule has 0 bridgehead atoms. The zero-order valence-corrected chi connectivity index (χ0v) is 16.9. The lowest BCUT2D eigenvalue weighted by Crippen LogP contribution is -2.54. The Morgan fingerprint density at radius 1 is 1.20 bits per heavy atom. The second kappa shape index (κ2) is 8.47. The van der Waals surface area contributed by atoms with E-state index in [1.807, 2.05) is 9.80 Å². The lowest BCUT2D eigenvalue weighted by molar-refractivity contribution is 0.160. The molecule has 30 heavy (non-hydrogen) atoms. The standard InChI is InChI=1S/C19H22ClFN6O3/c20-12-4-3-11(15(21)8-12)9-22-19(30)27(13-5-6-13)14-2-1-7-26(10-14)16-23-17(28)25-18(29)24-16/h3-4,8,13-14H,1-2,5-7,9-10H2,(H,22,30)(H2,23,24,25,28,29)/t14-/m1/s1. The van der Waals surface area contributed by atoms with E-state index in [4.69, 9.17) is 11.6 Å². The molecule has 1 aromatic carbocycles. The zero-order valence-electron chi connectivity index (χ0n) is 16.1. The van der Waals surface area contributed by atoms with Crippen LogP contribution in [0.3, 0.4) is 0 Å². The third kappa shape index (κ3) is 4.64. The van der Waals surface area contributed by atoms with E-state index in [-0.39, 0.29) is 30.6 Å². The van der Waals surface area contributed by atoms with E-state index in [1.165, 1.54) is 6.07 Å². The van der Waals surface area contributed by atoms with Crippen molar-refractivity contribution in [3.05, 3.63) is 34.6 Å². The van der Waals surface area contributed by atoms with Gasteiger partial charge >= 0.3 is 18.1 Å². The molecule has 4 rings (SSSR count). The molecule has 1 aliphatic carbocycles. The Morgan fingerprint density at radius 2 is 1.93 bits per heavy atom. The normalized spacial score (nSPS) is 18.9. The van der Waals surface area contributed by atoms with Crippen molar-refractivity contribution in [2.75, 3.05) is 18.0 Å². The van der Waals surface area contributed by atoms with Gasteiger partial charge in [0, 0.05) is 36.3 Å². The van der Waals surface area contributed by atoms with E-state index in [1.54, 1.807) is 12.1 Å². The molecule has 2 aromatic rings. The number of anilines is 1. The summed E-state index contributed by atoms with van der Waals surface area (Å²) in [4.78, 5) is 27.7. The van der Waals surface area contributed by atoms with Gasteiger partial charge in [0.25, 0.3) is 0 Å². The Hall–Kier alpha value is -2.88. The summed E-state index contributed by atoms with van der Waals surface area (Å²) in [5, 5.41) is 22.2. The van der Waals surface area contributed by atoms with Gasteiger partial charge in [-0.2, -0.15) is 9.97 Å². The molecule has 0 radical (unpaired) electrons. The number of carbonyl (C=O) groups is 1. The van der Waals surface area contributed by atoms with Crippen molar-refractivity contribution < 1.29 is 19.4 Å². The molecular weight excluding hydrogens is 415 g/mol. The third-order valence-corrected chi connectivity index (χ3v) is 5.53. The van der Waals surface area contributed by atoms with Crippen molar-refractivity contribution in [1.29, 1.82) is 0 Å². The largest absolute Gasteiger partial charge is 0.479 e. The Labute approximate surface area is 177 Å². The predicted molar refractivity (Wildman–Crippen MR) is 107 cm³/mol. The fourth-order valence-corrected chi connectivity index (χ4v) is 3.92. The van der Waals surface area contributed by atoms with Gasteiger partial charge in [0.05, 0.1) is 6.04 Å². The first kappa shape index (κ1) is 20.4. The number of rotatable bonds is 5. The van der Waals surface area contributed by atoms with Crippen molar-refractivity contribution in [2.24, 2.45) is 0 Å². The molecule has 2 fully saturated rings. The average molecular weight is 437 g/mol. The van der Waals surface area contributed by atoms with Crippen LogP contribution in [0.25, 0.3) is 0 Å². The molecule has 1 aliphatic heterocycles. The summed E-state index contributed by atoms with van der Waals surface area (Å²) in [6.07, 6.45) is 3.44. The minimum Gasteiger partial charge on any atom is -0.479 e. The minimum atomic E-state index is -0.554. The Kier molecular flexibility index (Phi) is 5.76. The van der Waals surface area contributed by atoms with Gasteiger partial charge in [-0.25, -0.2) is 9.18 Å². The van der Waals surface area contributed by atoms with Crippen molar-refractivity contribution in [2.45, 2.75) is 44.3 Å². The zero-order chi connectivity index (χ0) is 21.3. The molecule has 2 amide bonds. The molecule has 0 unspecified atom stereocenters. The number of aromatic hydroxyl groups is 2. The Balaban J connectivity index is 1.44. The Morgan fingerprint density at radius 3 is 2.60 bits per heavy atom. The topological polar surface area (TPSA) is 115 Å². The number of benzene rings is 1. The molecule has 11 heteroatoms. The van der Waals surface area contributed by atoms with Gasteiger partial charge in [-0.3, -0.25) is 0 Å². The molecule has 2 heterocycles. The van der Waals surface area contributed by atoms with Crippen LogP contribution in [0.2, 0.25) is 5.02 Å². The number of hydrogen-bond donors (Lipinski definition) is 3. The van der Waals surface area contributed by atoms with Gasteiger partial charge in [-0.1, -0.05) is 17.7 Å². The molecule has 160 valence electrons. The highest BCUT2D eigenvalue weighted by Crippen LogP contribution is 2.32. The van der Waals surface area contributed by atoms with E-state index in [2.05, 4.69) is 20.3 Å². The highest BCUT2D eigenvalue weighted by atomic mass is 35.5. The van der Waals surface area contributed by atoms with Crippen LogP contribution in [0.15, 0.2) is 18.2 Å². The monoisotopic (exact) mass is 436 g/mol. The molecule has 1 atom stereocenters. The van der Waals surface area contributed by atoms with E-state index >= 15 is 0 Å². The van der Waals surface area contributed by atoms with Gasteiger partial charge in [-0.05, 0) is 37.8 Å². The average Bonchev–Trinajstić information content (AvgIpc) is 3.52. The second-order valence-corrected chi connectivity index (χ2v) is 7.95. The first-order valence-corrected chi connectivity index (χ1v) is 10.2. The lowest BCUT2D eigenvalue weighted by Gasteiger charge is -2.39. The van der Waals surface area contributed by atoms with E-state index < -0.39 is 17.8 Å².